The topological polar surface area (TPSA) is 67.2 Å². The van der Waals surface area contributed by atoms with Gasteiger partial charge in [0.1, 0.15) is 0 Å². The number of carbonyl (C=O) groups excluding carboxylic acids is 1. The number of hydrogen-bond donors (Lipinski definition) is 3. The molecule has 0 spiro atoms. The Morgan fingerprint density at radius 2 is 2.19 bits per heavy atom. The molecule has 1 aromatic carbocycles. The van der Waals surface area contributed by atoms with Crippen LogP contribution in [0.4, 0.5) is 4.79 Å². The standard InChI is InChI=1S/C11H16ClN3O/c1-8-2-3-9(10(12)6-8)7-14-4-5-15-11(13)16/h2-3,6,14H,4-5,7H2,1H3,(H3,13,15,16). The molecule has 4 nitrogen and oxygen atoms in total. The van der Waals surface area contributed by atoms with Crippen molar-refractivity contribution in [1.82, 2.24) is 10.6 Å². The minimum Gasteiger partial charge on any atom is -0.352 e. The number of benzene rings is 1. The van der Waals surface area contributed by atoms with Gasteiger partial charge in [-0.2, -0.15) is 0 Å². The second kappa shape index (κ2) is 6.35. The van der Waals surface area contributed by atoms with Crippen molar-refractivity contribution < 1.29 is 4.79 Å². The largest absolute Gasteiger partial charge is 0.352 e. The minimum absolute atomic E-state index is 0.504. The fourth-order valence-electron chi connectivity index (χ4n) is 1.29. The molecule has 0 saturated heterocycles. The summed E-state index contributed by atoms with van der Waals surface area (Å²) in [6.45, 7) is 3.85. The molecule has 4 N–H and O–H groups in total. The zero-order valence-electron chi connectivity index (χ0n) is 9.22. The first-order valence-electron chi connectivity index (χ1n) is 5.08. The molecule has 0 aliphatic carbocycles. The number of nitrogens with two attached hydrogens (primary N) is 1. The van der Waals surface area contributed by atoms with Crippen LogP contribution in [0.3, 0.4) is 0 Å². The molecule has 0 saturated carbocycles. The number of halogens is 1. The Labute approximate surface area is 100 Å². The Morgan fingerprint density at radius 1 is 1.44 bits per heavy atom. The van der Waals surface area contributed by atoms with Crippen LogP contribution in [0.1, 0.15) is 11.1 Å². The molecule has 0 radical (unpaired) electrons. The van der Waals surface area contributed by atoms with Crippen LogP contribution in [0.2, 0.25) is 5.02 Å². The average Bonchev–Trinajstić information content (AvgIpc) is 2.20. The zero-order chi connectivity index (χ0) is 12.0. The van der Waals surface area contributed by atoms with Gasteiger partial charge < -0.3 is 16.4 Å². The van der Waals surface area contributed by atoms with Gasteiger partial charge in [-0.15, -0.1) is 0 Å². The van der Waals surface area contributed by atoms with Gasteiger partial charge in [0.2, 0.25) is 0 Å². The molecule has 0 bridgehead atoms. The van der Waals surface area contributed by atoms with Crippen LogP contribution in [0, 0.1) is 6.92 Å². The van der Waals surface area contributed by atoms with Crippen LogP contribution in [0.5, 0.6) is 0 Å². The van der Waals surface area contributed by atoms with Crippen molar-refractivity contribution >= 4 is 17.6 Å². The Bertz CT molecular complexity index is 368. The Hall–Kier alpha value is -1.26. The SMILES string of the molecule is Cc1ccc(CNCCNC(N)=O)c(Cl)c1. The van der Waals surface area contributed by atoms with E-state index in [-0.39, 0.29) is 0 Å². The van der Waals surface area contributed by atoms with E-state index < -0.39 is 6.03 Å². The number of hydrogen-bond acceptors (Lipinski definition) is 2. The van der Waals surface area contributed by atoms with Crippen molar-refractivity contribution in [1.29, 1.82) is 0 Å². The molecule has 5 heteroatoms. The lowest BCUT2D eigenvalue weighted by Gasteiger charge is -2.07. The fraction of sp³-hybridized carbons (Fsp3) is 0.364. The van der Waals surface area contributed by atoms with Crippen LogP contribution in [-0.2, 0) is 6.54 Å². The highest BCUT2D eigenvalue weighted by atomic mass is 35.5. The molecular formula is C11H16ClN3O. The van der Waals surface area contributed by atoms with E-state index in [0.29, 0.717) is 19.6 Å². The second-order valence-electron chi connectivity index (χ2n) is 3.56. The molecule has 1 aromatic rings. The molecule has 2 amide bonds. The van der Waals surface area contributed by atoms with Crippen LogP contribution in [0.25, 0.3) is 0 Å². The monoisotopic (exact) mass is 241 g/mol. The summed E-state index contributed by atoms with van der Waals surface area (Å²) in [5.41, 5.74) is 7.12. The number of rotatable bonds is 5. The van der Waals surface area contributed by atoms with E-state index in [2.05, 4.69) is 10.6 Å². The molecule has 16 heavy (non-hydrogen) atoms. The van der Waals surface area contributed by atoms with Crippen molar-refractivity contribution in [2.75, 3.05) is 13.1 Å². The minimum atomic E-state index is -0.504. The van der Waals surface area contributed by atoms with Crippen LogP contribution in [0.15, 0.2) is 18.2 Å². The van der Waals surface area contributed by atoms with Crippen molar-refractivity contribution in [3.63, 3.8) is 0 Å². The molecule has 0 aromatic heterocycles. The summed E-state index contributed by atoms with van der Waals surface area (Å²) in [7, 11) is 0. The number of primary amides is 1. The van der Waals surface area contributed by atoms with Gasteiger partial charge in [-0.1, -0.05) is 23.7 Å². The molecule has 88 valence electrons. The highest BCUT2D eigenvalue weighted by Crippen LogP contribution is 2.16. The maximum Gasteiger partial charge on any atom is 0.312 e. The molecule has 1 rings (SSSR count). The van der Waals surface area contributed by atoms with E-state index in [9.17, 15) is 4.79 Å². The maximum absolute atomic E-state index is 10.4. The summed E-state index contributed by atoms with van der Waals surface area (Å²) in [5, 5.41) is 6.42. The van der Waals surface area contributed by atoms with Gasteiger partial charge in [-0.25, -0.2) is 4.79 Å². The summed E-state index contributed by atoms with van der Waals surface area (Å²) >= 11 is 6.06. The fourth-order valence-corrected chi connectivity index (χ4v) is 1.59. The normalized spacial score (nSPS) is 10.1. The lowest BCUT2D eigenvalue weighted by molar-refractivity contribution is 0.249. The summed E-state index contributed by atoms with van der Waals surface area (Å²) in [6.07, 6.45) is 0. The van der Waals surface area contributed by atoms with Gasteiger partial charge in [-0.05, 0) is 24.1 Å². The van der Waals surface area contributed by atoms with Gasteiger partial charge in [0.25, 0.3) is 0 Å². The second-order valence-corrected chi connectivity index (χ2v) is 3.97. The zero-order valence-corrected chi connectivity index (χ0v) is 9.97. The first kappa shape index (κ1) is 12.8. The Kier molecular flexibility index (Phi) is 5.08. The molecule has 0 atom stereocenters. The smallest absolute Gasteiger partial charge is 0.312 e. The quantitative estimate of drug-likeness (QED) is 0.683. The number of carbonyl (C=O) groups is 1. The highest BCUT2D eigenvalue weighted by Gasteiger charge is 1.99. The summed E-state index contributed by atoms with van der Waals surface area (Å²) in [6, 6.07) is 5.44. The third-order valence-corrected chi connectivity index (χ3v) is 2.48. The molecule has 0 aliphatic heterocycles. The van der Waals surface area contributed by atoms with Gasteiger partial charge in [0.05, 0.1) is 0 Å². The van der Waals surface area contributed by atoms with Gasteiger partial charge in [-0.3, -0.25) is 0 Å². The van der Waals surface area contributed by atoms with Crippen LogP contribution in [-0.4, -0.2) is 19.1 Å². The van der Waals surface area contributed by atoms with Gasteiger partial charge in [0.15, 0.2) is 0 Å². The van der Waals surface area contributed by atoms with E-state index in [1.165, 1.54) is 0 Å². The van der Waals surface area contributed by atoms with Crippen molar-refractivity contribution in [3.8, 4) is 0 Å². The summed E-state index contributed by atoms with van der Waals surface area (Å²) in [4.78, 5) is 10.4. The first-order valence-corrected chi connectivity index (χ1v) is 5.46. The van der Waals surface area contributed by atoms with Crippen molar-refractivity contribution in [2.45, 2.75) is 13.5 Å². The predicted octanol–water partition coefficient (Wildman–Crippen LogP) is 1.41. The third-order valence-electron chi connectivity index (χ3n) is 2.13. The number of aryl methyl sites for hydroxylation is 1. The van der Waals surface area contributed by atoms with E-state index in [1.807, 2.05) is 25.1 Å². The third kappa shape index (κ3) is 4.51. The average molecular weight is 242 g/mol. The van der Waals surface area contributed by atoms with Gasteiger partial charge in [0, 0.05) is 24.7 Å². The highest BCUT2D eigenvalue weighted by molar-refractivity contribution is 6.31. The Balaban J connectivity index is 2.29. The van der Waals surface area contributed by atoms with Crippen molar-refractivity contribution in [2.24, 2.45) is 5.73 Å². The lowest BCUT2D eigenvalue weighted by Crippen LogP contribution is -2.35. The molecule has 0 unspecified atom stereocenters. The van der Waals surface area contributed by atoms with Crippen LogP contribution >= 0.6 is 11.6 Å². The summed E-state index contributed by atoms with van der Waals surface area (Å²) < 4.78 is 0. The molecular weight excluding hydrogens is 226 g/mol. The number of urea groups is 1. The molecule has 0 fully saturated rings. The number of amides is 2. The number of nitrogens with one attached hydrogen (secondary N) is 2. The lowest BCUT2D eigenvalue weighted by atomic mass is 10.1. The Morgan fingerprint density at radius 3 is 2.81 bits per heavy atom. The summed E-state index contributed by atoms with van der Waals surface area (Å²) in [5.74, 6) is 0. The van der Waals surface area contributed by atoms with Crippen molar-refractivity contribution in [3.05, 3.63) is 34.3 Å². The van der Waals surface area contributed by atoms with E-state index in [1.54, 1.807) is 0 Å². The maximum atomic E-state index is 10.4. The predicted molar refractivity (Wildman–Crippen MR) is 65.5 cm³/mol. The van der Waals surface area contributed by atoms with Crippen LogP contribution < -0.4 is 16.4 Å². The van der Waals surface area contributed by atoms with Gasteiger partial charge >= 0.3 is 6.03 Å². The van der Waals surface area contributed by atoms with E-state index in [0.717, 1.165) is 16.1 Å². The van der Waals surface area contributed by atoms with E-state index in [4.69, 9.17) is 17.3 Å². The first-order chi connectivity index (χ1) is 7.59. The van der Waals surface area contributed by atoms with E-state index >= 15 is 0 Å². The molecule has 0 heterocycles. The molecule has 0 aliphatic rings.